The number of hydrogen-bond acceptors (Lipinski definition) is 5. The summed E-state index contributed by atoms with van der Waals surface area (Å²) in [4.78, 5) is 39.2. The van der Waals surface area contributed by atoms with E-state index in [-0.39, 0.29) is 17.9 Å². The number of nitrogens with zero attached hydrogens (tertiary/aromatic N) is 4. The van der Waals surface area contributed by atoms with Crippen LogP contribution in [-0.2, 0) is 17.8 Å². The maximum atomic E-state index is 13.2. The van der Waals surface area contributed by atoms with Gasteiger partial charge in [0, 0.05) is 23.4 Å². The second-order valence-corrected chi connectivity index (χ2v) is 8.50. The molecular weight excluding hydrogens is 416 g/mol. The van der Waals surface area contributed by atoms with E-state index >= 15 is 0 Å². The van der Waals surface area contributed by atoms with Gasteiger partial charge < -0.3 is 9.64 Å². The second-order valence-electron chi connectivity index (χ2n) is 8.50. The second kappa shape index (κ2) is 8.65. The molecule has 7 heteroatoms. The normalized spacial score (nSPS) is 17.4. The van der Waals surface area contributed by atoms with Gasteiger partial charge in [-0.05, 0) is 49.6 Å². The van der Waals surface area contributed by atoms with Gasteiger partial charge in [0.2, 0.25) is 5.91 Å². The largest absolute Gasteiger partial charge is 0.497 e. The molecule has 0 spiro atoms. The molecule has 168 valence electrons. The number of rotatable bonds is 5. The monoisotopic (exact) mass is 442 g/mol. The summed E-state index contributed by atoms with van der Waals surface area (Å²) >= 11 is 0. The number of aromatic nitrogens is 2. The quantitative estimate of drug-likeness (QED) is 0.600. The Morgan fingerprint density at radius 3 is 2.58 bits per heavy atom. The lowest BCUT2D eigenvalue weighted by atomic mass is 10.1. The molecule has 2 aliphatic rings. The Bertz CT molecular complexity index is 1190. The number of fused-ring (bicyclic) bond motifs is 1. The van der Waals surface area contributed by atoms with Crippen LogP contribution in [0.3, 0.4) is 0 Å². The Balaban J connectivity index is 1.45. The van der Waals surface area contributed by atoms with Gasteiger partial charge in [0.05, 0.1) is 26.1 Å². The molecule has 1 aromatic heterocycles. The average molecular weight is 443 g/mol. The average Bonchev–Trinajstić information content (AvgIpc) is 3.45. The van der Waals surface area contributed by atoms with Crippen molar-refractivity contribution in [2.24, 2.45) is 0 Å². The SMILES string of the molecule is COc1ccc(CN2C(=O)Cc3c(C)nc([C@@H]4CCCN4C(=O)c4ccccc4)nc32)cc1. The van der Waals surface area contributed by atoms with Crippen LogP contribution >= 0.6 is 0 Å². The zero-order valence-corrected chi connectivity index (χ0v) is 18.8. The molecule has 3 aromatic rings. The number of carbonyl (C=O) groups excluding carboxylic acids is 2. The number of aryl methyl sites for hydroxylation is 1. The van der Waals surface area contributed by atoms with Crippen molar-refractivity contribution in [1.82, 2.24) is 14.9 Å². The molecule has 1 fully saturated rings. The Labute approximate surface area is 193 Å². The summed E-state index contributed by atoms with van der Waals surface area (Å²) in [7, 11) is 1.63. The number of likely N-dealkylation sites (tertiary alicyclic amines) is 1. The minimum absolute atomic E-state index is 0.00832. The number of benzene rings is 2. The molecule has 0 saturated carbocycles. The summed E-state index contributed by atoms with van der Waals surface area (Å²) in [6.07, 6.45) is 2.01. The number of anilines is 1. The van der Waals surface area contributed by atoms with Crippen molar-refractivity contribution in [3.63, 3.8) is 0 Å². The van der Waals surface area contributed by atoms with Crippen LogP contribution in [0.1, 0.15) is 51.9 Å². The fourth-order valence-corrected chi connectivity index (χ4v) is 4.65. The first-order valence-electron chi connectivity index (χ1n) is 11.2. The Morgan fingerprint density at radius 2 is 1.85 bits per heavy atom. The van der Waals surface area contributed by atoms with E-state index in [0.717, 1.165) is 35.4 Å². The summed E-state index contributed by atoms with van der Waals surface area (Å²) in [5.74, 6) is 2.06. The van der Waals surface area contributed by atoms with Gasteiger partial charge in [-0.15, -0.1) is 0 Å². The maximum absolute atomic E-state index is 13.2. The topological polar surface area (TPSA) is 75.6 Å². The zero-order chi connectivity index (χ0) is 22.9. The van der Waals surface area contributed by atoms with Crippen molar-refractivity contribution in [3.05, 3.63) is 82.8 Å². The van der Waals surface area contributed by atoms with E-state index in [1.165, 1.54) is 0 Å². The van der Waals surface area contributed by atoms with Gasteiger partial charge >= 0.3 is 0 Å². The van der Waals surface area contributed by atoms with Crippen molar-refractivity contribution in [2.75, 3.05) is 18.6 Å². The first kappa shape index (κ1) is 21.1. The molecule has 1 atom stereocenters. The number of amides is 2. The minimum atomic E-state index is -0.194. The molecule has 0 unspecified atom stereocenters. The van der Waals surface area contributed by atoms with Crippen LogP contribution in [0.25, 0.3) is 0 Å². The zero-order valence-electron chi connectivity index (χ0n) is 18.8. The van der Waals surface area contributed by atoms with E-state index in [4.69, 9.17) is 14.7 Å². The van der Waals surface area contributed by atoms with Crippen molar-refractivity contribution in [2.45, 2.75) is 38.8 Å². The highest BCUT2D eigenvalue weighted by atomic mass is 16.5. The smallest absolute Gasteiger partial charge is 0.254 e. The van der Waals surface area contributed by atoms with Gasteiger partial charge in [-0.25, -0.2) is 9.97 Å². The van der Waals surface area contributed by atoms with Gasteiger partial charge in [0.1, 0.15) is 11.6 Å². The first-order valence-corrected chi connectivity index (χ1v) is 11.2. The molecule has 0 radical (unpaired) electrons. The van der Waals surface area contributed by atoms with Crippen LogP contribution in [-0.4, -0.2) is 40.3 Å². The molecule has 7 nitrogen and oxygen atoms in total. The van der Waals surface area contributed by atoms with E-state index in [0.29, 0.717) is 36.7 Å². The lowest BCUT2D eigenvalue weighted by Gasteiger charge is -2.25. The molecule has 0 bridgehead atoms. The van der Waals surface area contributed by atoms with Crippen molar-refractivity contribution in [3.8, 4) is 5.75 Å². The van der Waals surface area contributed by atoms with Gasteiger partial charge in [-0.3, -0.25) is 14.5 Å². The molecule has 2 aromatic carbocycles. The summed E-state index contributed by atoms with van der Waals surface area (Å²) in [5, 5.41) is 0. The molecule has 5 rings (SSSR count). The highest BCUT2D eigenvalue weighted by Gasteiger charge is 2.36. The molecule has 3 heterocycles. The van der Waals surface area contributed by atoms with Gasteiger partial charge in [0.15, 0.2) is 5.82 Å². The Hall–Kier alpha value is -3.74. The fourth-order valence-electron chi connectivity index (χ4n) is 4.65. The van der Waals surface area contributed by atoms with Crippen LogP contribution in [0.2, 0.25) is 0 Å². The van der Waals surface area contributed by atoms with Crippen LogP contribution < -0.4 is 9.64 Å². The van der Waals surface area contributed by atoms with E-state index in [9.17, 15) is 9.59 Å². The third-order valence-corrected chi connectivity index (χ3v) is 6.43. The minimum Gasteiger partial charge on any atom is -0.497 e. The standard InChI is InChI=1S/C26H26N4O3/c1-17-21-15-23(31)30(16-18-10-12-20(33-2)13-11-18)25(21)28-24(27-17)22-9-6-14-29(22)26(32)19-7-4-3-5-8-19/h3-5,7-8,10-13,22H,6,9,14-16H2,1-2H3/t22-/m0/s1. The van der Waals surface area contributed by atoms with Crippen LogP contribution in [0, 0.1) is 6.92 Å². The molecular formula is C26H26N4O3. The van der Waals surface area contributed by atoms with Gasteiger partial charge in [0.25, 0.3) is 5.91 Å². The summed E-state index contributed by atoms with van der Waals surface area (Å²) in [6.45, 7) is 3.03. The van der Waals surface area contributed by atoms with E-state index < -0.39 is 0 Å². The molecule has 0 aliphatic carbocycles. The molecule has 1 saturated heterocycles. The fraction of sp³-hybridized carbons (Fsp3) is 0.308. The predicted octanol–water partition coefficient (Wildman–Crippen LogP) is 3.86. The van der Waals surface area contributed by atoms with E-state index in [1.54, 1.807) is 12.0 Å². The van der Waals surface area contributed by atoms with Gasteiger partial charge in [-0.1, -0.05) is 30.3 Å². The van der Waals surface area contributed by atoms with Crippen molar-refractivity contribution >= 4 is 17.6 Å². The van der Waals surface area contributed by atoms with Crippen LogP contribution in [0.15, 0.2) is 54.6 Å². The van der Waals surface area contributed by atoms with E-state index in [2.05, 4.69) is 0 Å². The Morgan fingerprint density at radius 1 is 1.09 bits per heavy atom. The van der Waals surface area contributed by atoms with Crippen molar-refractivity contribution < 1.29 is 14.3 Å². The van der Waals surface area contributed by atoms with Crippen molar-refractivity contribution in [1.29, 1.82) is 0 Å². The predicted molar refractivity (Wildman–Crippen MR) is 124 cm³/mol. The highest BCUT2D eigenvalue weighted by Crippen LogP contribution is 2.36. The summed E-state index contributed by atoms with van der Waals surface area (Å²) < 4.78 is 5.23. The molecule has 2 aliphatic heterocycles. The lowest BCUT2D eigenvalue weighted by Crippen LogP contribution is -2.32. The number of methoxy groups -OCH3 is 1. The van der Waals surface area contributed by atoms with E-state index in [1.807, 2.05) is 66.4 Å². The number of ether oxygens (including phenoxy) is 1. The van der Waals surface area contributed by atoms with Crippen LogP contribution in [0.4, 0.5) is 5.82 Å². The number of hydrogen-bond donors (Lipinski definition) is 0. The maximum Gasteiger partial charge on any atom is 0.254 e. The summed E-state index contributed by atoms with van der Waals surface area (Å²) in [6, 6.07) is 16.8. The summed E-state index contributed by atoms with van der Waals surface area (Å²) in [5.41, 5.74) is 3.34. The molecule has 0 N–H and O–H groups in total. The lowest BCUT2D eigenvalue weighted by molar-refractivity contribution is -0.117. The molecule has 2 amide bonds. The number of carbonyl (C=O) groups is 2. The molecule has 33 heavy (non-hydrogen) atoms. The third kappa shape index (κ3) is 3.95. The first-order chi connectivity index (χ1) is 16.0. The third-order valence-electron chi connectivity index (χ3n) is 6.43. The van der Waals surface area contributed by atoms with Crippen LogP contribution in [0.5, 0.6) is 5.75 Å². The highest BCUT2D eigenvalue weighted by molar-refractivity contribution is 6.00. The Kier molecular flexibility index (Phi) is 5.54. The van der Waals surface area contributed by atoms with Gasteiger partial charge in [-0.2, -0.15) is 0 Å².